The van der Waals surface area contributed by atoms with Crippen LogP contribution in [0.4, 0.5) is 0 Å². The molecule has 0 bridgehead atoms. The molecule has 2 atom stereocenters. The molecule has 0 aromatic heterocycles. The molecular formula is C14H22Br2O2. The van der Waals surface area contributed by atoms with Gasteiger partial charge in [0.05, 0.1) is 12.7 Å². The highest BCUT2D eigenvalue weighted by molar-refractivity contribution is 9.09. The first-order valence-electron chi connectivity index (χ1n) is 6.73. The predicted molar refractivity (Wildman–Crippen MR) is 82.0 cm³/mol. The van der Waals surface area contributed by atoms with Gasteiger partial charge in [0.25, 0.3) is 0 Å². The van der Waals surface area contributed by atoms with Gasteiger partial charge in [0.2, 0.25) is 6.29 Å². The van der Waals surface area contributed by atoms with Crippen LogP contribution >= 0.6 is 31.9 Å². The molecule has 1 aliphatic rings. The van der Waals surface area contributed by atoms with E-state index in [1.165, 1.54) is 25.7 Å². The Morgan fingerprint density at radius 2 is 1.94 bits per heavy atom. The zero-order valence-electron chi connectivity index (χ0n) is 10.7. The molecule has 0 amide bonds. The standard InChI is InChI=1S/C14H22Br2O2/c15-8-12(10-17)6-7-13(9-16)11-18-14-4-2-1-3-5-14/h1,12-14H,2-9,11H2. The molecule has 0 aliphatic heterocycles. The van der Waals surface area contributed by atoms with Gasteiger partial charge in [-0.1, -0.05) is 31.9 Å². The SMILES string of the molecule is O=[C]C(CBr)CCC(CBr)COC1CC[CH]CC1. The molecule has 1 fully saturated rings. The molecule has 18 heavy (non-hydrogen) atoms. The lowest BCUT2D eigenvalue weighted by molar-refractivity contribution is 0.0155. The molecule has 0 heterocycles. The van der Waals surface area contributed by atoms with Crippen molar-refractivity contribution < 1.29 is 9.53 Å². The Bertz CT molecular complexity index is 218. The lowest BCUT2D eigenvalue weighted by atomic mass is 9.97. The lowest BCUT2D eigenvalue weighted by Gasteiger charge is -2.24. The summed E-state index contributed by atoms with van der Waals surface area (Å²) in [6.45, 7) is 0.809. The van der Waals surface area contributed by atoms with E-state index >= 15 is 0 Å². The number of carbonyl (C=O) groups excluding carboxylic acids is 1. The Morgan fingerprint density at radius 3 is 2.50 bits per heavy atom. The minimum Gasteiger partial charge on any atom is -0.378 e. The quantitative estimate of drug-likeness (QED) is 0.563. The van der Waals surface area contributed by atoms with Crippen molar-refractivity contribution in [3.05, 3.63) is 6.42 Å². The number of alkyl halides is 2. The summed E-state index contributed by atoms with van der Waals surface area (Å²) in [5.74, 6) is 0.529. The first-order chi connectivity index (χ1) is 8.80. The first-order valence-corrected chi connectivity index (χ1v) is 8.97. The summed E-state index contributed by atoms with van der Waals surface area (Å²) in [7, 11) is 0. The van der Waals surface area contributed by atoms with E-state index in [1.807, 2.05) is 0 Å². The summed E-state index contributed by atoms with van der Waals surface area (Å²) >= 11 is 6.88. The van der Waals surface area contributed by atoms with Gasteiger partial charge in [0.15, 0.2) is 0 Å². The van der Waals surface area contributed by atoms with Crippen LogP contribution in [0.25, 0.3) is 0 Å². The van der Waals surface area contributed by atoms with Gasteiger partial charge in [-0.25, -0.2) is 0 Å². The summed E-state index contributed by atoms with van der Waals surface area (Å²) in [5.41, 5.74) is 0. The first kappa shape index (κ1) is 16.6. The van der Waals surface area contributed by atoms with Crippen molar-refractivity contribution >= 4 is 38.1 Å². The van der Waals surface area contributed by atoms with Crippen molar-refractivity contribution in [1.82, 2.24) is 0 Å². The van der Waals surface area contributed by atoms with E-state index in [4.69, 9.17) is 4.74 Å². The highest BCUT2D eigenvalue weighted by Crippen LogP contribution is 2.22. The molecule has 0 aromatic rings. The topological polar surface area (TPSA) is 26.3 Å². The molecular weight excluding hydrogens is 360 g/mol. The van der Waals surface area contributed by atoms with Gasteiger partial charge in [-0.2, -0.15) is 0 Å². The van der Waals surface area contributed by atoms with E-state index in [9.17, 15) is 4.79 Å². The van der Waals surface area contributed by atoms with Crippen molar-refractivity contribution in [2.24, 2.45) is 11.8 Å². The van der Waals surface area contributed by atoms with Crippen LogP contribution in [-0.2, 0) is 9.53 Å². The molecule has 0 saturated heterocycles. The number of halogens is 2. The van der Waals surface area contributed by atoms with Gasteiger partial charge in [0, 0.05) is 16.6 Å². The maximum absolute atomic E-state index is 10.6. The third kappa shape index (κ3) is 6.67. The second-order valence-corrected chi connectivity index (χ2v) is 6.26. The van der Waals surface area contributed by atoms with Crippen molar-refractivity contribution in [3.8, 4) is 0 Å². The molecule has 2 unspecified atom stereocenters. The van der Waals surface area contributed by atoms with Crippen molar-refractivity contribution in [2.75, 3.05) is 17.3 Å². The maximum atomic E-state index is 10.6. The van der Waals surface area contributed by atoms with Crippen molar-refractivity contribution in [1.29, 1.82) is 0 Å². The van der Waals surface area contributed by atoms with Crippen LogP contribution in [0.5, 0.6) is 0 Å². The van der Waals surface area contributed by atoms with Crippen LogP contribution in [0.1, 0.15) is 38.5 Å². The number of hydrogen-bond donors (Lipinski definition) is 0. The Kier molecular flexibility index (Phi) is 9.60. The summed E-state index contributed by atoms with van der Waals surface area (Å²) in [5, 5.41) is 1.66. The predicted octanol–water partition coefficient (Wildman–Crippen LogP) is 4.06. The van der Waals surface area contributed by atoms with Gasteiger partial charge in [-0.15, -0.1) is 0 Å². The fraction of sp³-hybridized carbons (Fsp3) is 0.857. The maximum Gasteiger partial charge on any atom is 0.202 e. The Hall–Kier alpha value is 0.590. The van der Waals surface area contributed by atoms with E-state index in [1.54, 1.807) is 0 Å². The van der Waals surface area contributed by atoms with E-state index in [0.29, 0.717) is 17.4 Å². The third-order valence-corrected chi connectivity index (χ3v) is 5.14. The van der Waals surface area contributed by atoms with Crippen LogP contribution in [0.2, 0.25) is 0 Å². The summed E-state index contributed by atoms with van der Waals surface area (Å²) in [6.07, 6.45) is 11.5. The molecule has 0 aromatic carbocycles. The Morgan fingerprint density at radius 1 is 1.22 bits per heavy atom. The van der Waals surface area contributed by atoms with Gasteiger partial charge in [-0.05, 0) is 50.9 Å². The van der Waals surface area contributed by atoms with Crippen molar-refractivity contribution in [3.63, 3.8) is 0 Å². The second-order valence-electron chi connectivity index (χ2n) is 4.97. The van der Waals surface area contributed by atoms with Crippen molar-refractivity contribution in [2.45, 2.75) is 44.6 Å². The van der Waals surface area contributed by atoms with Crippen LogP contribution in [0.15, 0.2) is 0 Å². The minimum absolute atomic E-state index is 0.0239. The van der Waals surface area contributed by atoms with Crippen LogP contribution in [-0.4, -0.2) is 29.7 Å². The molecule has 2 radical (unpaired) electrons. The van der Waals surface area contributed by atoms with E-state index in [2.05, 4.69) is 44.6 Å². The molecule has 104 valence electrons. The molecule has 0 spiro atoms. The zero-order chi connectivity index (χ0) is 13.2. The summed E-state index contributed by atoms with van der Waals surface area (Å²) in [4.78, 5) is 10.6. The highest BCUT2D eigenvalue weighted by Gasteiger charge is 2.17. The normalized spacial score (nSPS) is 20.6. The fourth-order valence-corrected chi connectivity index (χ4v) is 3.11. The average Bonchev–Trinajstić information content (AvgIpc) is 2.44. The monoisotopic (exact) mass is 380 g/mol. The number of hydrogen-bond acceptors (Lipinski definition) is 2. The highest BCUT2D eigenvalue weighted by atomic mass is 79.9. The van der Waals surface area contributed by atoms with Gasteiger partial charge in [0.1, 0.15) is 0 Å². The molecule has 1 rings (SSSR count). The van der Waals surface area contributed by atoms with Crippen LogP contribution in [0, 0.1) is 18.3 Å². The number of ether oxygens (including phenoxy) is 1. The Balaban J connectivity index is 2.17. The summed E-state index contributed by atoms with van der Waals surface area (Å²) < 4.78 is 5.98. The Labute approximate surface area is 127 Å². The largest absolute Gasteiger partial charge is 0.378 e. The summed E-state index contributed by atoms with van der Waals surface area (Å²) in [6, 6.07) is 0. The van der Waals surface area contributed by atoms with E-state index < -0.39 is 0 Å². The lowest BCUT2D eigenvalue weighted by Crippen LogP contribution is -2.22. The van der Waals surface area contributed by atoms with Gasteiger partial charge in [-0.3, -0.25) is 4.79 Å². The molecule has 1 saturated carbocycles. The van der Waals surface area contributed by atoms with E-state index in [0.717, 1.165) is 24.8 Å². The fourth-order valence-electron chi connectivity index (χ4n) is 2.14. The van der Waals surface area contributed by atoms with Crippen LogP contribution < -0.4 is 0 Å². The third-order valence-electron chi connectivity index (χ3n) is 3.45. The van der Waals surface area contributed by atoms with E-state index in [-0.39, 0.29) is 5.92 Å². The van der Waals surface area contributed by atoms with Gasteiger partial charge >= 0.3 is 0 Å². The molecule has 0 N–H and O–H groups in total. The molecule has 4 heteroatoms. The number of rotatable bonds is 9. The average molecular weight is 382 g/mol. The second kappa shape index (κ2) is 10.4. The minimum atomic E-state index is 0.0239. The zero-order valence-corrected chi connectivity index (χ0v) is 13.9. The van der Waals surface area contributed by atoms with Gasteiger partial charge < -0.3 is 4.74 Å². The molecule has 1 aliphatic carbocycles. The van der Waals surface area contributed by atoms with Crippen LogP contribution in [0.3, 0.4) is 0 Å². The molecule has 2 nitrogen and oxygen atoms in total. The smallest absolute Gasteiger partial charge is 0.202 e.